The van der Waals surface area contributed by atoms with Gasteiger partial charge >= 0.3 is 0 Å². The summed E-state index contributed by atoms with van der Waals surface area (Å²) in [4.78, 5) is 4.69. The van der Waals surface area contributed by atoms with Crippen LogP contribution in [0.1, 0.15) is 18.5 Å². The highest BCUT2D eigenvalue weighted by molar-refractivity contribution is 7.13. The predicted molar refractivity (Wildman–Crippen MR) is 84.4 cm³/mol. The molecule has 0 bridgehead atoms. The number of rotatable bonds is 5. The molecule has 22 heavy (non-hydrogen) atoms. The van der Waals surface area contributed by atoms with Crippen molar-refractivity contribution in [1.82, 2.24) is 10.3 Å². The second-order valence-corrected chi connectivity index (χ2v) is 6.34. The van der Waals surface area contributed by atoms with E-state index in [2.05, 4.69) is 15.7 Å². The lowest BCUT2D eigenvalue weighted by Gasteiger charge is -2.09. The van der Waals surface area contributed by atoms with Gasteiger partial charge in [0.05, 0.1) is 11.8 Å². The molecule has 0 aliphatic carbocycles. The summed E-state index contributed by atoms with van der Waals surface area (Å²) in [6.07, 6.45) is 2.70. The lowest BCUT2D eigenvalue weighted by molar-refractivity contribution is 0.110. The smallest absolute Gasteiger partial charge is 0.231 e. The number of ether oxygens (including phenoxy) is 3. The van der Waals surface area contributed by atoms with Crippen LogP contribution in [0.3, 0.4) is 0 Å². The number of benzene rings is 1. The summed E-state index contributed by atoms with van der Waals surface area (Å²) in [5.74, 6) is 1.60. The van der Waals surface area contributed by atoms with E-state index in [9.17, 15) is 0 Å². The van der Waals surface area contributed by atoms with Crippen LogP contribution in [0.15, 0.2) is 23.6 Å². The van der Waals surface area contributed by atoms with Crippen molar-refractivity contribution in [3.63, 3.8) is 0 Å². The van der Waals surface area contributed by atoms with Crippen molar-refractivity contribution in [2.24, 2.45) is 0 Å². The van der Waals surface area contributed by atoms with Crippen LogP contribution in [-0.4, -0.2) is 31.0 Å². The van der Waals surface area contributed by atoms with Gasteiger partial charge < -0.3 is 19.5 Å². The summed E-state index contributed by atoms with van der Waals surface area (Å²) >= 11 is 1.65. The molecule has 2 aliphatic heterocycles. The first-order valence-corrected chi connectivity index (χ1v) is 8.43. The SMILES string of the molecule is c1cc2c(cc1-c1nc(CNCC3CCCO3)cs1)OCO2. The van der Waals surface area contributed by atoms with Crippen molar-refractivity contribution in [1.29, 1.82) is 0 Å². The van der Waals surface area contributed by atoms with Crippen LogP contribution in [0.25, 0.3) is 10.6 Å². The summed E-state index contributed by atoms with van der Waals surface area (Å²) in [5, 5.41) is 6.53. The third-order valence-electron chi connectivity index (χ3n) is 3.87. The fourth-order valence-corrected chi connectivity index (χ4v) is 3.53. The monoisotopic (exact) mass is 318 g/mol. The molecule has 2 aliphatic rings. The third-order valence-corrected chi connectivity index (χ3v) is 4.81. The van der Waals surface area contributed by atoms with Gasteiger partial charge in [0.2, 0.25) is 6.79 Å². The predicted octanol–water partition coefficient (Wildman–Crippen LogP) is 2.81. The maximum Gasteiger partial charge on any atom is 0.231 e. The molecule has 0 amide bonds. The zero-order valence-corrected chi connectivity index (χ0v) is 13.0. The van der Waals surface area contributed by atoms with Gasteiger partial charge in [-0.3, -0.25) is 0 Å². The Kier molecular flexibility index (Phi) is 3.97. The van der Waals surface area contributed by atoms with Gasteiger partial charge in [-0.25, -0.2) is 4.98 Å². The van der Waals surface area contributed by atoms with E-state index < -0.39 is 0 Å². The van der Waals surface area contributed by atoms with Gasteiger partial charge in [0, 0.05) is 30.6 Å². The summed E-state index contributed by atoms with van der Waals surface area (Å²) < 4.78 is 16.4. The van der Waals surface area contributed by atoms with Gasteiger partial charge in [-0.1, -0.05) is 0 Å². The molecule has 1 atom stereocenters. The zero-order chi connectivity index (χ0) is 14.8. The number of nitrogens with one attached hydrogen (secondary N) is 1. The van der Waals surface area contributed by atoms with Gasteiger partial charge in [0.1, 0.15) is 5.01 Å². The van der Waals surface area contributed by atoms with Gasteiger partial charge in [0.25, 0.3) is 0 Å². The third kappa shape index (κ3) is 2.95. The first kappa shape index (κ1) is 14.0. The Morgan fingerprint density at radius 1 is 1.27 bits per heavy atom. The van der Waals surface area contributed by atoms with Crippen molar-refractivity contribution < 1.29 is 14.2 Å². The van der Waals surface area contributed by atoms with Crippen molar-refractivity contribution in [2.75, 3.05) is 19.9 Å². The molecule has 1 aromatic carbocycles. The second-order valence-electron chi connectivity index (χ2n) is 5.48. The van der Waals surface area contributed by atoms with Crippen molar-refractivity contribution in [3.8, 4) is 22.1 Å². The van der Waals surface area contributed by atoms with E-state index in [0.717, 1.165) is 53.9 Å². The highest BCUT2D eigenvalue weighted by Gasteiger charge is 2.16. The molecule has 1 N–H and O–H groups in total. The molecule has 116 valence electrons. The maximum atomic E-state index is 5.60. The minimum atomic E-state index is 0.301. The van der Waals surface area contributed by atoms with Crippen molar-refractivity contribution in [3.05, 3.63) is 29.3 Å². The van der Waals surface area contributed by atoms with Crippen molar-refractivity contribution >= 4 is 11.3 Å². The van der Waals surface area contributed by atoms with Gasteiger partial charge in [0.15, 0.2) is 11.5 Å². The van der Waals surface area contributed by atoms with E-state index >= 15 is 0 Å². The molecular weight excluding hydrogens is 300 g/mol. The second kappa shape index (κ2) is 6.24. The molecule has 0 radical (unpaired) electrons. The summed E-state index contributed by atoms with van der Waals surface area (Å²) in [7, 11) is 0. The first-order valence-electron chi connectivity index (χ1n) is 7.55. The Labute approximate surface area is 133 Å². The molecule has 5 nitrogen and oxygen atoms in total. The van der Waals surface area contributed by atoms with Gasteiger partial charge in [-0.2, -0.15) is 0 Å². The summed E-state index contributed by atoms with van der Waals surface area (Å²) in [5.41, 5.74) is 2.13. The van der Waals surface area contributed by atoms with Crippen LogP contribution in [-0.2, 0) is 11.3 Å². The minimum absolute atomic E-state index is 0.301. The molecule has 0 saturated carbocycles. The minimum Gasteiger partial charge on any atom is -0.454 e. The lowest BCUT2D eigenvalue weighted by Crippen LogP contribution is -2.25. The topological polar surface area (TPSA) is 52.6 Å². The Balaban J connectivity index is 1.38. The van der Waals surface area contributed by atoms with Crippen LogP contribution in [0.2, 0.25) is 0 Å². The standard InChI is InChI=1S/C16H18N2O3S/c1-2-13(19-5-1)8-17-7-12-9-22-16(18-12)11-3-4-14-15(6-11)21-10-20-14/h3-4,6,9,13,17H,1-2,5,7-8,10H2. The molecule has 1 unspecified atom stereocenters. The quantitative estimate of drug-likeness (QED) is 0.919. The molecule has 1 aromatic heterocycles. The summed E-state index contributed by atoms with van der Waals surface area (Å²) in [6.45, 7) is 2.88. The Bertz CT molecular complexity index is 653. The van der Waals surface area contributed by atoms with Crippen LogP contribution >= 0.6 is 11.3 Å². The normalized spacial score (nSPS) is 19.7. The average Bonchev–Trinajstić information content (AvgIpc) is 3.28. The van der Waals surface area contributed by atoms with Crippen LogP contribution in [0, 0.1) is 0 Å². The zero-order valence-electron chi connectivity index (χ0n) is 12.2. The number of hydrogen-bond acceptors (Lipinski definition) is 6. The molecule has 4 rings (SSSR count). The lowest BCUT2D eigenvalue weighted by atomic mass is 10.2. The molecule has 6 heteroatoms. The number of aromatic nitrogens is 1. The molecular formula is C16H18N2O3S. The van der Waals surface area contributed by atoms with Gasteiger partial charge in [-0.15, -0.1) is 11.3 Å². The van der Waals surface area contributed by atoms with Crippen LogP contribution in [0.4, 0.5) is 0 Å². The number of thiazole rings is 1. The molecule has 0 spiro atoms. The number of nitrogens with zero attached hydrogens (tertiary/aromatic N) is 1. The van der Waals surface area contributed by atoms with E-state index in [0.29, 0.717) is 12.9 Å². The summed E-state index contributed by atoms with van der Waals surface area (Å²) in [6, 6.07) is 5.95. The van der Waals surface area contributed by atoms with E-state index in [1.165, 1.54) is 6.42 Å². The fraction of sp³-hybridized carbons (Fsp3) is 0.438. The van der Waals surface area contributed by atoms with E-state index in [4.69, 9.17) is 14.2 Å². The first-order chi connectivity index (χ1) is 10.9. The number of fused-ring (bicyclic) bond motifs is 1. The maximum absolute atomic E-state index is 5.60. The van der Waals surface area contributed by atoms with E-state index in [-0.39, 0.29) is 0 Å². The number of hydrogen-bond donors (Lipinski definition) is 1. The van der Waals surface area contributed by atoms with Crippen LogP contribution in [0.5, 0.6) is 11.5 Å². The van der Waals surface area contributed by atoms with E-state index in [1.54, 1.807) is 11.3 Å². The van der Waals surface area contributed by atoms with Crippen molar-refractivity contribution in [2.45, 2.75) is 25.5 Å². The highest BCUT2D eigenvalue weighted by Crippen LogP contribution is 2.36. The fourth-order valence-electron chi connectivity index (χ4n) is 2.72. The molecule has 1 fully saturated rings. The Hall–Kier alpha value is -1.63. The van der Waals surface area contributed by atoms with E-state index in [1.807, 2.05) is 18.2 Å². The Morgan fingerprint density at radius 2 is 2.23 bits per heavy atom. The molecule has 2 aromatic rings. The average molecular weight is 318 g/mol. The largest absolute Gasteiger partial charge is 0.454 e. The van der Waals surface area contributed by atoms with Crippen LogP contribution < -0.4 is 14.8 Å². The Morgan fingerprint density at radius 3 is 3.14 bits per heavy atom. The molecule has 1 saturated heterocycles. The molecule has 3 heterocycles. The highest BCUT2D eigenvalue weighted by atomic mass is 32.1. The van der Waals surface area contributed by atoms with Gasteiger partial charge in [-0.05, 0) is 31.0 Å².